The van der Waals surface area contributed by atoms with Crippen LogP contribution in [0.2, 0.25) is 0 Å². The van der Waals surface area contributed by atoms with E-state index in [1.165, 1.54) is 12.1 Å². The number of methoxy groups -OCH3 is 1. The van der Waals surface area contributed by atoms with Gasteiger partial charge in [-0.3, -0.25) is 0 Å². The molecule has 4 rings (SSSR count). The molecule has 0 spiro atoms. The topological polar surface area (TPSA) is 83.4 Å². The van der Waals surface area contributed by atoms with Crippen molar-refractivity contribution in [3.8, 4) is 5.75 Å². The molecule has 2 aromatic carbocycles. The molecule has 2 atom stereocenters. The molecule has 1 saturated heterocycles. The van der Waals surface area contributed by atoms with Crippen LogP contribution in [0.15, 0.2) is 53.2 Å². The van der Waals surface area contributed by atoms with E-state index in [0.29, 0.717) is 35.1 Å². The lowest BCUT2D eigenvalue weighted by molar-refractivity contribution is -0.137. The van der Waals surface area contributed by atoms with Crippen molar-refractivity contribution < 1.29 is 23.3 Å². The number of aliphatic hydroxyl groups is 1. The van der Waals surface area contributed by atoms with Crippen molar-refractivity contribution in [3.05, 3.63) is 65.0 Å². The van der Waals surface area contributed by atoms with Crippen molar-refractivity contribution in [1.29, 1.82) is 0 Å². The maximum absolute atomic E-state index is 13.5. The van der Waals surface area contributed by atoms with Gasteiger partial charge in [0.25, 0.3) is 5.72 Å². The van der Waals surface area contributed by atoms with E-state index in [-0.39, 0.29) is 12.4 Å². The highest BCUT2D eigenvalue weighted by Gasteiger charge is 2.49. The molecule has 0 amide bonds. The van der Waals surface area contributed by atoms with Gasteiger partial charge in [-0.25, -0.2) is 8.60 Å². The normalized spacial score (nSPS) is 20.6. The number of amidine groups is 1. The first kappa shape index (κ1) is 27.7. The van der Waals surface area contributed by atoms with Crippen LogP contribution >= 0.6 is 0 Å². The van der Waals surface area contributed by atoms with E-state index in [1.54, 1.807) is 19.2 Å². The molecule has 0 aromatic heterocycles. The summed E-state index contributed by atoms with van der Waals surface area (Å²) in [6, 6.07) is 11.6. The standard InChI is InChI=1S/C25H30FN3O4S.C2H6/c1-3-4-14-34(31)28-22-12-7-18(16-23(22)32-2)15-19-6-5-13-29-24(19)27-33-25(29,17-30)20-8-10-21(26)11-9-20;1-2/h7-12,15-16,28,30H,3-6,13-14,17H2,1-2H3;1-2H3/b19-15+;. The fourth-order valence-electron chi connectivity index (χ4n) is 4.24. The maximum atomic E-state index is 13.5. The highest BCUT2D eigenvalue weighted by Crippen LogP contribution is 2.40. The van der Waals surface area contributed by atoms with Crippen molar-refractivity contribution in [1.82, 2.24) is 4.90 Å². The molecule has 9 heteroatoms. The van der Waals surface area contributed by atoms with Crippen molar-refractivity contribution in [3.63, 3.8) is 0 Å². The number of nitrogens with zero attached hydrogens (tertiary/aromatic N) is 2. The summed E-state index contributed by atoms with van der Waals surface area (Å²) in [4.78, 5) is 7.75. The molecule has 0 bridgehead atoms. The Hall–Kier alpha value is -2.91. The van der Waals surface area contributed by atoms with Crippen molar-refractivity contribution >= 4 is 28.6 Å². The number of hydrogen-bond donors (Lipinski definition) is 2. The lowest BCUT2D eigenvalue weighted by atomic mass is 9.95. The minimum atomic E-state index is -1.17. The van der Waals surface area contributed by atoms with Gasteiger partial charge in [0.05, 0.1) is 12.8 Å². The molecule has 2 aliphatic rings. The first-order valence-corrected chi connectivity index (χ1v) is 13.8. The number of benzene rings is 2. The first-order chi connectivity index (χ1) is 17.5. The van der Waals surface area contributed by atoms with Crippen LogP contribution in [0.3, 0.4) is 0 Å². The van der Waals surface area contributed by atoms with Gasteiger partial charge in [0, 0.05) is 17.9 Å². The van der Waals surface area contributed by atoms with Crippen molar-refractivity contribution in [2.75, 3.05) is 30.7 Å². The van der Waals surface area contributed by atoms with Gasteiger partial charge in [0.15, 0.2) is 5.84 Å². The van der Waals surface area contributed by atoms with Crippen LogP contribution in [-0.4, -0.2) is 46.1 Å². The third-order valence-corrected chi connectivity index (χ3v) is 7.18. The second-order valence-electron chi connectivity index (χ2n) is 8.35. The Morgan fingerprint density at radius 1 is 1.28 bits per heavy atom. The zero-order valence-electron chi connectivity index (χ0n) is 21.4. The number of fused-ring (bicyclic) bond motifs is 1. The van der Waals surface area contributed by atoms with Crippen LogP contribution in [0.4, 0.5) is 10.1 Å². The molecule has 2 aromatic rings. The Labute approximate surface area is 215 Å². The minimum absolute atomic E-state index is 0.317. The van der Waals surface area contributed by atoms with Crippen molar-refractivity contribution in [2.24, 2.45) is 5.16 Å². The van der Waals surface area contributed by atoms with Gasteiger partial charge in [0.1, 0.15) is 29.2 Å². The molecule has 0 radical (unpaired) electrons. The van der Waals surface area contributed by atoms with Crippen LogP contribution in [0.25, 0.3) is 6.08 Å². The molecule has 0 saturated carbocycles. The Kier molecular flexibility index (Phi) is 9.89. The monoisotopic (exact) mass is 517 g/mol. The molecular formula is C27H36FN3O4S. The number of nitrogens with one attached hydrogen (secondary N) is 1. The number of oxime groups is 1. The number of piperidine rings is 1. The van der Waals surface area contributed by atoms with E-state index in [4.69, 9.17) is 9.57 Å². The number of halogens is 1. The minimum Gasteiger partial charge on any atom is -0.495 e. The highest BCUT2D eigenvalue weighted by molar-refractivity contribution is 7.86. The van der Waals surface area contributed by atoms with E-state index < -0.39 is 16.7 Å². The lowest BCUT2D eigenvalue weighted by Crippen LogP contribution is -2.51. The summed E-state index contributed by atoms with van der Waals surface area (Å²) in [5.41, 5.74) is 2.03. The number of ether oxygens (including phenoxy) is 1. The smallest absolute Gasteiger partial charge is 0.260 e. The summed E-state index contributed by atoms with van der Waals surface area (Å²) >= 11 is 0. The van der Waals surface area contributed by atoms with Gasteiger partial charge in [-0.05, 0) is 72.9 Å². The Bertz CT molecular complexity index is 1110. The van der Waals surface area contributed by atoms with Crippen molar-refractivity contribution in [2.45, 2.75) is 52.2 Å². The Balaban J connectivity index is 0.00000176. The number of hydrogen-bond acceptors (Lipinski definition) is 6. The zero-order valence-corrected chi connectivity index (χ0v) is 22.2. The number of aliphatic hydroxyl groups excluding tert-OH is 1. The zero-order chi connectivity index (χ0) is 26.1. The molecule has 196 valence electrons. The predicted octanol–water partition coefficient (Wildman–Crippen LogP) is 5.40. The van der Waals surface area contributed by atoms with E-state index in [2.05, 4.69) is 16.8 Å². The van der Waals surface area contributed by atoms with Gasteiger partial charge < -0.3 is 24.3 Å². The molecule has 1 fully saturated rings. The fraction of sp³-hybridized carbons (Fsp3) is 0.444. The van der Waals surface area contributed by atoms with Gasteiger partial charge in [-0.15, -0.1) is 0 Å². The molecular weight excluding hydrogens is 481 g/mol. The van der Waals surface area contributed by atoms with Crippen LogP contribution < -0.4 is 9.46 Å². The SMILES string of the molecule is CC.CCCCS(=O)Nc1ccc(/C=C2\CCCN3C2=NOC3(CO)c2ccc(F)cc2)cc1OC. The summed E-state index contributed by atoms with van der Waals surface area (Å²) in [6.07, 6.45) is 5.55. The lowest BCUT2D eigenvalue weighted by Gasteiger charge is -2.38. The fourth-order valence-corrected chi connectivity index (χ4v) is 5.31. The maximum Gasteiger partial charge on any atom is 0.260 e. The first-order valence-electron chi connectivity index (χ1n) is 12.5. The molecule has 2 unspecified atom stereocenters. The second-order valence-corrected chi connectivity index (χ2v) is 9.65. The third kappa shape index (κ3) is 5.90. The summed E-state index contributed by atoms with van der Waals surface area (Å²) in [5, 5.41) is 14.6. The third-order valence-electron chi connectivity index (χ3n) is 6.07. The van der Waals surface area contributed by atoms with Gasteiger partial charge >= 0.3 is 0 Å². The number of unbranched alkanes of at least 4 members (excludes halogenated alkanes) is 1. The quantitative estimate of drug-likeness (QED) is 0.465. The average Bonchev–Trinajstić information content (AvgIpc) is 3.30. The highest BCUT2D eigenvalue weighted by atomic mass is 32.2. The molecule has 2 heterocycles. The predicted molar refractivity (Wildman–Crippen MR) is 143 cm³/mol. The van der Waals surface area contributed by atoms with E-state index >= 15 is 0 Å². The van der Waals surface area contributed by atoms with E-state index in [0.717, 1.165) is 36.8 Å². The largest absolute Gasteiger partial charge is 0.495 e. The van der Waals surface area contributed by atoms with Crippen LogP contribution in [0, 0.1) is 5.82 Å². The van der Waals surface area contributed by atoms with E-state index in [1.807, 2.05) is 43.0 Å². The van der Waals surface area contributed by atoms with E-state index in [9.17, 15) is 13.7 Å². The van der Waals surface area contributed by atoms with Gasteiger partial charge in [-0.1, -0.05) is 38.4 Å². The Morgan fingerprint density at radius 2 is 2.03 bits per heavy atom. The summed E-state index contributed by atoms with van der Waals surface area (Å²) in [6.45, 7) is 6.41. The number of rotatable bonds is 9. The Morgan fingerprint density at radius 3 is 2.69 bits per heavy atom. The second kappa shape index (κ2) is 12.9. The van der Waals surface area contributed by atoms with Crippen LogP contribution in [-0.2, 0) is 21.5 Å². The summed E-state index contributed by atoms with van der Waals surface area (Å²) < 4.78 is 34.3. The average molecular weight is 518 g/mol. The van der Waals surface area contributed by atoms with Crippen LogP contribution in [0.5, 0.6) is 5.75 Å². The number of anilines is 1. The molecule has 36 heavy (non-hydrogen) atoms. The summed E-state index contributed by atoms with van der Waals surface area (Å²) in [5.74, 6) is 1.50. The molecule has 2 aliphatic heterocycles. The molecule has 7 nitrogen and oxygen atoms in total. The molecule has 2 N–H and O–H groups in total. The summed E-state index contributed by atoms with van der Waals surface area (Å²) in [7, 11) is 0.421. The molecule has 0 aliphatic carbocycles. The van der Waals surface area contributed by atoms with Gasteiger partial charge in [-0.2, -0.15) is 0 Å². The van der Waals surface area contributed by atoms with Gasteiger partial charge in [0.2, 0.25) is 0 Å². The van der Waals surface area contributed by atoms with Crippen LogP contribution in [0.1, 0.15) is 57.6 Å².